The van der Waals surface area contributed by atoms with Gasteiger partial charge in [0.1, 0.15) is 11.5 Å². The Kier molecular flexibility index (Phi) is 5.21. The van der Waals surface area contributed by atoms with Gasteiger partial charge in [-0.3, -0.25) is 4.98 Å². The average Bonchev–Trinajstić information content (AvgIpc) is 2.43. The zero-order chi connectivity index (χ0) is 15.4. The third-order valence-electron chi connectivity index (χ3n) is 3.13. The van der Waals surface area contributed by atoms with Crippen molar-refractivity contribution in [1.29, 1.82) is 0 Å². The number of hydrogen-bond acceptors (Lipinski definition) is 3. The molecule has 4 heteroatoms. The molecule has 3 nitrogen and oxygen atoms in total. The molecule has 1 aromatic heterocycles. The lowest BCUT2D eigenvalue weighted by atomic mass is 10.1. The fraction of sp³-hybridized carbons (Fsp3) is 0.353. The number of ether oxygens (including phenoxy) is 1. The van der Waals surface area contributed by atoms with Crippen molar-refractivity contribution in [3.05, 3.63) is 52.3 Å². The molecule has 0 amide bonds. The van der Waals surface area contributed by atoms with Crippen LogP contribution in [0.2, 0.25) is 5.02 Å². The van der Waals surface area contributed by atoms with Gasteiger partial charge in [-0.05, 0) is 43.2 Å². The highest BCUT2D eigenvalue weighted by atomic mass is 35.5. The Morgan fingerprint density at radius 2 is 1.81 bits per heavy atom. The summed E-state index contributed by atoms with van der Waals surface area (Å²) in [6.07, 6.45) is 1.77. The molecule has 2 aromatic rings. The minimum atomic E-state index is 0.429. The molecule has 0 aliphatic rings. The summed E-state index contributed by atoms with van der Waals surface area (Å²) < 4.78 is 5.92. The van der Waals surface area contributed by atoms with Crippen LogP contribution in [-0.4, -0.2) is 11.0 Å². The van der Waals surface area contributed by atoms with Crippen LogP contribution < -0.4 is 10.1 Å². The number of aryl methyl sites for hydroxylation is 2. The zero-order valence-electron chi connectivity index (χ0n) is 12.9. The van der Waals surface area contributed by atoms with Crippen molar-refractivity contribution < 1.29 is 4.74 Å². The Balaban J connectivity index is 2.14. The molecule has 0 bridgehead atoms. The molecule has 0 atom stereocenters. The van der Waals surface area contributed by atoms with Crippen molar-refractivity contribution >= 4 is 11.6 Å². The standard InChI is InChI=1S/C17H21ClN2O/c1-11(2)20-10-14-9-15(5-6-19-14)21-16-7-12(3)17(18)13(4)8-16/h5-9,11,20H,10H2,1-4H3. The molecular formula is C17H21ClN2O. The Labute approximate surface area is 131 Å². The van der Waals surface area contributed by atoms with Gasteiger partial charge in [-0.25, -0.2) is 0 Å². The number of halogens is 1. The van der Waals surface area contributed by atoms with Gasteiger partial charge >= 0.3 is 0 Å². The monoisotopic (exact) mass is 304 g/mol. The van der Waals surface area contributed by atoms with Gasteiger partial charge in [0, 0.05) is 29.9 Å². The summed E-state index contributed by atoms with van der Waals surface area (Å²) in [5.41, 5.74) is 2.99. The molecule has 0 unspecified atom stereocenters. The van der Waals surface area contributed by atoms with E-state index < -0.39 is 0 Å². The summed E-state index contributed by atoms with van der Waals surface area (Å²) in [5, 5.41) is 4.13. The fourth-order valence-corrected chi connectivity index (χ4v) is 2.14. The maximum absolute atomic E-state index is 6.17. The van der Waals surface area contributed by atoms with E-state index in [1.54, 1.807) is 6.20 Å². The minimum absolute atomic E-state index is 0.429. The summed E-state index contributed by atoms with van der Waals surface area (Å²) >= 11 is 6.17. The van der Waals surface area contributed by atoms with Crippen molar-refractivity contribution in [2.24, 2.45) is 0 Å². The minimum Gasteiger partial charge on any atom is -0.457 e. The fourth-order valence-electron chi connectivity index (χ4n) is 2.03. The molecule has 1 aromatic carbocycles. The van der Waals surface area contributed by atoms with Crippen molar-refractivity contribution in [2.45, 2.75) is 40.3 Å². The quantitative estimate of drug-likeness (QED) is 0.873. The van der Waals surface area contributed by atoms with Crippen LogP contribution in [0.15, 0.2) is 30.5 Å². The summed E-state index contributed by atoms with van der Waals surface area (Å²) in [6.45, 7) is 8.91. The van der Waals surface area contributed by atoms with Crippen LogP contribution in [0, 0.1) is 13.8 Å². The van der Waals surface area contributed by atoms with E-state index in [0.717, 1.165) is 39.9 Å². The van der Waals surface area contributed by atoms with Crippen LogP contribution in [0.4, 0.5) is 0 Å². The van der Waals surface area contributed by atoms with E-state index in [1.807, 2.05) is 38.1 Å². The van der Waals surface area contributed by atoms with Crippen LogP contribution >= 0.6 is 11.6 Å². The summed E-state index contributed by atoms with van der Waals surface area (Å²) in [5.74, 6) is 1.58. The van der Waals surface area contributed by atoms with Gasteiger partial charge in [0.2, 0.25) is 0 Å². The molecule has 0 fully saturated rings. The lowest BCUT2D eigenvalue weighted by Gasteiger charge is -2.11. The van der Waals surface area contributed by atoms with Gasteiger partial charge in [0.15, 0.2) is 0 Å². The molecule has 0 aliphatic carbocycles. The predicted octanol–water partition coefficient (Wildman–Crippen LogP) is 4.64. The van der Waals surface area contributed by atoms with E-state index in [-0.39, 0.29) is 0 Å². The first-order valence-electron chi connectivity index (χ1n) is 7.08. The highest BCUT2D eigenvalue weighted by Crippen LogP contribution is 2.29. The topological polar surface area (TPSA) is 34.1 Å². The van der Waals surface area contributed by atoms with Gasteiger partial charge in [-0.15, -0.1) is 0 Å². The van der Waals surface area contributed by atoms with E-state index in [0.29, 0.717) is 6.04 Å². The van der Waals surface area contributed by atoms with E-state index in [9.17, 15) is 0 Å². The highest BCUT2D eigenvalue weighted by Gasteiger charge is 2.06. The lowest BCUT2D eigenvalue weighted by molar-refractivity contribution is 0.478. The van der Waals surface area contributed by atoms with Gasteiger partial charge in [-0.1, -0.05) is 25.4 Å². The zero-order valence-corrected chi connectivity index (χ0v) is 13.7. The predicted molar refractivity (Wildman–Crippen MR) is 87.2 cm³/mol. The maximum atomic E-state index is 6.17. The second-order valence-corrected chi connectivity index (χ2v) is 5.87. The van der Waals surface area contributed by atoms with Gasteiger partial charge in [0.25, 0.3) is 0 Å². The van der Waals surface area contributed by atoms with Crippen LogP contribution in [0.5, 0.6) is 11.5 Å². The van der Waals surface area contributed by atoms with E-state index in [1.165, 1.54) is 0 Å². The van der Waals surface area contributed by atoms with Gasteiger partial charge in [0.05, 0.1) is 5.69 Å². The first-order chi connectivity index (χ1) is 9.95. The molecule has 1 heterocycles. The molecule has 0 spiro atoms. The number of benzene rings is 1. The number of hydrogen-bond donors (Lipinski definition) is 1. The Bertz CT molecular complexity index is 603. The van der Waals surface area contributed by atoms with Gasteiger partial charge < -0.3 is 10.1 Å². The molecule has 21 heavy (non-hydrogen) atoms. The Morgan fingerprint density at radius 3 is 2.43 bits per heavy atom. The smallest absolute Gasteiger partial charge is 0.130 e. The third-order valence-corrected chi connectivity index (χ3v) is 3.72. The SMILES string of the molecule is Cc1cc(Oc2ccnc(CNC(C)C)c2)cc(C)c1Cl. The average molecular weight is 305 g/mol. The van der Waals surface area contributed by atoms with Crippen molar-refractivity contribution in [3.63, 3.8) is 0 Å². The molecule has 1 N–H and O–H groups in total. The molecule has 0 aliphatic heterocycles. The maximum Gasteiger partial charge on any atom is 0.130 e. The first kappa shape index (κ1) is 15.8. The molecule has 0 radical (unpaired) electrons. The first-order valence-corrected chi connectivity index (χ1v) is 7.46. The largest absolute Gasteiger partial charge is 0.457 e. The molecule has 0 saturated heterocycles. The van der Waals surface area contributed by atoms with Crippen molar-refractivity contribution in [3.8, 4) is 11.5 Å². The molecule has 0 saturated carbocycles. The second kappa shape index (κ2) is 6.92. The number of nitrogens with one attached hydrogen (secondary N) is 1. The Hall–Kier alpha value is -1.58. The second-order valence-electron chi connectivity index (χ2n) is 5.49. The molecule has 112 valence electrons. The van der Waals surface area contributed by atoms with E-state index >= 15 is 0 Å². The number of nitrogens with zero attached hydrogens (tertiary/aromatic N) is 1. The normalized spacial score (nSPS) is 11.0. The molecular weight excluding hydrogens is 284 g/mol. The summed E-state index contributed by atoms with van der Waals surface area (Å²) in [4.78, 5) is 4.34. The van der Waals surface area contributed by atoms with Crippen molar-refractivity contribution in [2.75, 3.05) is 0 Å². The van der Waals surface area contributed by atoms with E-state index in [4.69, 9.17) is 16.3 Å². The number of pyridine rings is 1. The van der Waals surface area contributed by atoms with E-state index in [2.05, 4.69) is 24.1 Å². The third kappa shape index (κ3) is 4.45. The lowest BCUT2D eigenvalue weighted by Crippen LogP contribution is -2.22. The van der Waals surface area contributed by atoms with Crippen LogP contribution in [0.3, 0.4) is 0 Å². The van der Waals surface area contributed by atoms with Crippen LogP contribution in [0.25, 0.3) is 0 Å². The highest BCUT2D eigenvalue weighted by molar-refractivity contribution is 6.32. The molecule has 2 rings (SSSR count). The summed E-state index contributed by atoms with van der Waals surface area (Å²) in [7, 11) is 0. The summed E-state index contributed by atoms with van der Waals surface area (Å²) in [6, 6.07) is 8.13. The Morgan fingerprint density at radius 1 is 1.14 bits per heavy atom. The van der Waals surface area contributed by atoms with Crippen LogP contribution in [-0.2, 0) is 6.54 Å². The number of rotatable bonds is 5. The number of aromatic nitrogens is 1. The van der Waals surface area contributed by atoms with Gasteiger partial charge in [-0.2, -0.15) is 0 Å². The van der Waals surface area contributed by atoms with Crippen LogP contribution in [0.1, 0.15) is 30.7 Å². The van der Waals surface area contributed by atoms with Crippen molar-refractivity contribution in [1.82, 2.24) is 10.3 Å².